The molecule has 0 spiro atoms. The third-order valence-electron chi connectivity index (χ3n) is 4.89. The van der Waals surface area contributed by atoms with Crippen molar-refractivity contribution in [3.8, 4) is 5.75 Å². The van der Waals surface area contributed by atoms with Crippen molar-refractivity contribution in [1.29, 1.82) is 0 Å². The van der Waals surface area contributed by atoms with Gasteiger partial charge in [0.15, 0.2) is 5.82 Å². The van der Waals surface area contributed by atoms with Crippen LogP contribution in [0.3, 0.4) is 0 Å². The predicted molar refractivity (Wildman–Crippen MR) is 113 cm³/mol. The van der Waals surface area contributed by atoms with Gasteiger partial charge in [-0.05, 0) is 64.1 Å². The Balaban J connectivity index is 2.02. The summed E-state index contributed by atoms with van der Waals surface area (Å²) in [6, 6.07) is 3.72. The van der Waals surface area contributed by atoms with Gasteiger partial charge in [0, 0.05) is 17.8 Å². The molecular formula is C20H29FN6O2. The maximum atomic E-state index is 13.6. The highest BCUT2D eigenvalue weighted by atomic mass is 19.1. The number of aliphatic hydroxyl groups is 1. The molecule has 1 aliphatic rings. The number of nitrogen functional groups attached to an aromatic ring is 1. The van der Waals surface area contributed by atoms with Crippen molar-refractivity contribution in [3.05, 3.63) is 35.3 Å². The van der Waals surface area contributed by atoms with Crippen LogP contribution >= 0.6 is 0 Å². The summed E-state index contributed by atoms with van der Waals surface area (Å²) >= 11 is 0. The summed E-state index contributed by atoms with van der Waals surface area (Å²) in [5.74, 6) is -0.165. The minimum Gasteiger partial charge on any atom is -0.507 e. The summed E-state index contributed by atoms with van der Waals surface area (Å²) < 4.78 is 15.5. The monoisotopic (exact) mass is 404 g/mol. The first-order chi connectivity index (χ1) is 13.7. The molecule has 8 N–H and O–H groups in total. The van der Waals surface area contributed by atoms with Crippen LogP contribution in [0.25, 0.3) is 11.8 Å². The molecule has 9 heteroatoms. The van der Waals surface area contributed by atoms with Gasteiger partial charge in [-0.1, -0.05) is 0 Å². The van der Waals surface area contributed by atoms with Gasteiger partial charge >= 0.3 is 0 Å². The van der Waals surface area contributed by atoms with Gasteiger partial charge in [0.05, 0.1) is 17.3 Å². The van der Waals surface area contributed by atoms with Crippen LogP contribution in [0.5, 0.6) is 5.75 Å². The number of phenols is 1. The Morgan fingerprint density at radius 3 is 2.76 bits per heavy atom. The first-order valence-corrected chi connectivity index (χ1v) is 9.67. The lowest BCUT2D eigenvalue weighted by molar-refractivity contribution is 0.0944. The Morgan fingerprint density at radius 1 is 1.41 bits per heavy atom. The summed E-state index contributed by atoms with van der Waals surface area (Å²) in [5, 5.41) is 31.1. The lowest BCUT2D eigenvalue weighted by Crippen LogP contribution is -2.31. The highest BCUT2D eigenvalue weighted by molar-refractivity contribution is 5.86. The number of hydrogen-bond acceptors (Lipinski definition) is 7. The van der Waals surface area contributed by atoms with Gasteiger partial charge in [0.25, 0.3) is 0 Å². The van der Waals surface area contributed by atoms with Crippen molar-refractivity contribution in [2.45, 2.75) is 38.3 Å². The summed E-state index contributed by atoms with van der Waals surface area (Å²) in [5.41, 5.74) is 12.9. The van der Waals surface area contributed by atoms with Crippen LogP contribution < -0.4 is 22.1 Å². The smallest absolute Gasteiger partial charge is 0.172 e. The van der Waals surface area contributed by atoms with Crippen LogP contribution in [0.15, 0.2) is 18.2 Å². The highest BCUT2D eigenvalue weighted by Crippen LogP contribution is 2.32. The second-order valence-electron chi connectivity index (χ2n) is 8.00. The van der Waals surface area contributed by atoms with Crippen molar-refractivity contribution in [3.63, 3.8) is 0 Å². The van der Waals surface area contributed by atoms with Crippen LogP contribution in [0.1, 0.15) is 44.0 Å². The fraction of sp³-hybridized carbons (Fsp3) is 0.450. The number of hydrogen-bond donors (Lipinski definition) is 6. The van der Waals surface area contributed by atoms with Gasteiger partial charge in [0.2, 0.25) is 0 Å². The quantitative estimate of drug-likeness (QED) is 0.433. The second-order valence-corrected chi connectivity index (χ2v) is 8.00. The number of aromatic hydroxyl groups is 1. The maximum Gasteiger partial charge on any atom is 0.172 e. The second kappa shape index (κ2) is 8.30. The van der Waals surface area contributed by atoms with Crippen LogP contribution in [-0.4, -0.2) is 45.2 Å². The van der Waals surface area contributed by atoms with Crippen molar-refractivity contribution in [2.24, 2.45) is 5.73 Å². The summed E-state index contributed by atoms with van der Waals surface area (Å²) in [4.78, 5) is 0. The number of benzene rings is 1. The first kappa shape index (κ1) is 20.9. The van der Waals surface area contributed by atoms with Crippen molar-refractivity contribution >= 4 is 23.3 Å². The minimum absolute atomic E-state index is 0.118. The largest absolute Gasteiger partial charge is 0.507 e. The maximum absolute atomic E-state index is 13.6. The fourth-order valence-corrected chi connectivity index (χ4v) is 3.33. The number of nitrogens with two attached hydrogens (primary N) is 2. The van der Waals surface area contributed by atoms with E-state index in [9.17, 15) is 14.6 Å². The average molecular weight is 404 g/mol. The van der Waals surface area contributed by atoms with E-state index < -0.39 is 11.4 Å². The number of phenolic OH excluding ortho intramolecular Hbond substituents is 1. The molecule has 1 aromatic heterocycles. The topological polar surface area (TPSA) is 134 Å². The number of halogens is 1. The highest BCUT2D eigenvalue weighted by Gasteiger charge is 2.24. The number of nitrogens with one attached hydrogen (secondary N) is 2. The molecule has 0 unspecified atom stereocenters. The van der Waals surface area contributed by atoms with Gasteiger partial charge in [-0.25, -0.2) is 4.39 Å². The number of nitrogens with zero attached hydrogens (tertiary/aromatic N) is 2. The summed E-state index contributed by atoms with van der Waals surface area (Å²) in [6.45, 7) is 5.36. The predicted octanol–water partition coefficient (Wildman–Crippen LogP) is 1.87. The molecule has 0 radical (unpaired) electrons. The van der Waals surface area contributed by atoms with E-state index in [1.54, 1.807) is 19.9 Å². The zero-order chi connectivity index (χ0) is 21.2. The number of rotatable bonds is 6. The van der Waals surface area contributed by atoms with Gasteiger partial charge < -0.3 is 32.3 Å². The van der Waals surface area contributed by atoms with E-state index in [2.05, 4.69) is 15.7 Å². The molecular weight excluding hydrogens is 375 g/mol. The van der Waals surface area contributed by atoms with Gasteiger partial charge in [-0.15, -0.1) is 0 Å². The lowest BCUT2D eigenvalue weighted by atomic mass is 10.1. The Kier molecular flexibility index (Phi) is 5.99. The van der Waals surface area contributed by atoms with Gasteiger partial charge in [0.1, 0.15) is 17.3 Å². The minimum atomic E-state index is -0.937. The van der Waals surface area contributed by atoms with Crippen LogP contribution in [0.4, 0.5) is 15.9 Å². The zero-order valence-corrected chi connectivity index (χ0v) is 16.7. The fourth-order valence-electron chi connectivity index (χ4n) is 3.33. The van der Waals surface area contributed by atoms with Crippen LogP contribution in [0.2, 0.25) is 0 Å². The molecule has 2 aromatic rings. The van der Waals surface area contributed by atoms with Crippen LogP contribution in [0, 0.1) is 5.82 Å². The Bertz CT molecular complexity index is 897. The van der Waals surface area contributed by atoms with E-state index in [1.165, 1.54) is 18.2 Å². The van der Waals surface area contributed by atoms with E-state index in [1.807, 2.05) is 4.68 Å². The summed E-state index contributed by atoms with van der Waals surface area (Å²) in [7, 11) is 0. The van der Waals surface area contributed by atoms with Crippen LogP contribution in [-0.2, 0) is 0 Å². The van der Waals surface area contributed by atoms with Gasteiger partial charge in [-0.2, -0.15) is 5.10 Å². The van der Waals surface area contributed by atoms with E-state index in [0.717, 1.165) is 25.9 Å². The molecule has 0 aliphatic carbocycles. The Labute approximate surface area is 169 Å². The number of piperidine rings is 1. The van der Waals surface area contributed by atoms with Gasteiger partial charge in [-0.3, -0.25) is 4.68 Å². The van der Waals surface area contributed by atoms with E-state index in [-0.39, 0.29) is 29.6 Å². The molecule has 1 aromatic carbocycles. The average Bonchev–Trinajstić information content (AvgIpc) is 2.98. The number of anilines is 2. The Morgan fingerprint density at radius 2 is 2.10 bits per heavy atom. The SMILES string of the molecule is CC(C)(O)CNc1nn(C2CCNCC2)c(/C=C(\N)c2cc(F)ccc2O)c1N. The van der Waals surface area contributed by atoms with E-state index in [0.29, 0.717) is 17.2 Å². The van der Waals surface area contributed by atoms with Crippen molar-refractivity contribution in [1.82, 2.24) is 15.1 Å². The molecule has 1 saturated heterocycles. The molecule has 2 heterocycles. The molecule has 0 atom stereocenters. The third-order valence-corrected chi connectivity index (χ3v) is 4.89. The van der Waals surface area contributed by atoms with Crippen molar-refractivity contribution < 1.29 is 14.6 Å². The third kappa shape index (κ3) is 4.99. The molecule has 8 nitrogen and oxygen atoms in total. The molecule has 3 rings (SSSR count). The normalized spacial score (nSPS) is 16.2. The molecule has 158 valence electrons. The van der Waals surface area contributed by atoms with E-state index in [4.69, 9.17) is 11.5 Å². The zero-order valence-electron chi connectivity index (χ0n) is 16.7. The molecule has 0 amide bonds. The Hall–Kier alpha value is -2.78. The first-order valence-electron chi connectivity index (χ1n) is 9.67. The number of aromatic nitrogens is 2. The molecule has 1 aliphatic heterocycles. The van der Waals surface area contributed by atoms with E-state index >= 15 is 0 Å². The molecule has 0 bridgehead atoms. The standard InChI is InChI=1S/C20H29FN6O2/c1-20(2,29)11-25-19-18(23)16(27(26-19)13-5-7-24-8-6-13)10-15(22)14-9-12(21)3-4-17(14)28/h3-4,9-10,13,24,28-29H,5-8,11,22-23H2,1-2H3,(H,25,26)/b15-10-. The summed E-state index contributed by atoms with van der Waals surface area (Å²) in [6.07, 6.45) is 3.35. The molecule has 1 fully saturated rings. The van der Waals surface area contributed by atoms with Crippen molar-refractivity contribution in [2.75, 3.05) is 30.7 Å². The molecule has 29 heavy (non-hydrogen) atoms. The lowest BCUT2D eigenvalue weighted by Gasteiger charge is -2.24. The molecule has 0 saturated carbocycles.